The Morgan fingerprint density at radius 3 is 2.57 bits per heavy atom. The van der Waals surface area contributed by atoms with Crippen molar-refractivity contribution in [2.75, 3.05) is 0 Å². The first-order valence-corrected chi connectivity index (χ1v) is 4.87. The summed E-state index contributed by atoms with van der Waals surface area (Å²) in [7, 11) is 0. The molecule has 1 heterocycles. The van der Waals surface area contributed by atoms with Gasteiger partial charge in [-0.05, 0) is 18.6 Å². The van der Waals surface area contributed by atoms with Crippen molar-refractivity contribution in [2.45, 2.75) is 33.7 Å². The van der Waals surface area contributed by atoms with Gasteiger partial charge in [0.05, 0.1) is 6.04 Å². The molecule has 0 aromatic carbocycles. The van der Waals surface area contributed by atoms with Gasteiger partial charge in [0.25, 0.3) is 0 Å². The molecular formula is C11H18N2O. The SMILES string of the molecule is CC.CC(=O)N[C@H](C)c1cccnc1. The summed E-state index contributed by atoms with van der Waals surface area (Å²) in [4.78, 5) is 14.7. The van der Waals surface area contributed by atoms with Crippen molar-refractivity contribution in [2.24, 2.45) is 0 Å². The Labute approximate surface area is 85.6 Å². The quantitative estimate of drug-likeness (QED) is 0.785. The van der Waals surface area contributed by atoms with E-state index in [4.69, 9.17) is 0 Å². The van der Waals surface area contributed by atoms with Gasteiger partial charge in [0.15, 0.2) is 0 Å². The van der Waals surface area contributed by atoms with Crippen LogP contribution < -0.4 is 5.32 Å². The molecule has 78 valence electrons. The average molecular weight is 194 g/mol. The van der Waals surface area contributed by atoms with Gasteiger partial charge < -0.3 is 5.32 Å². The molecule has 0 aliphatic heterocycles. The number of carbonyl (C=O) groups excluding carboxylic acids is 1. The zero-order valence-corrected chi connectivity index (χ0v) is 9.24. The molecule has 3 heteroatoms. The van der Waals surface area contributed by atoms with E-state index < -0.39 is 0 Å². The van der Waals surface area contributed by atoms with E-state index in [0.717, 1.165) is 5.56 Å². The van der Waals surface area contributed by atoms with Gasteiger partial charge in [-0.3, -0.25) is 9.78 Å². The fraction of sp³-hybridized carbons (Fsp3) is 0.455. The van der Waals surface area contributed by atoms with Crippen molar-refractivity contribution in [1.29, 1.82) is 0 Å². The number of amides is 1. The number of nitrogens with one attached hydrogen (secondary N) is 1. The van der Waals surface area contributed by atoms with Crippen molar-refractivity contribution < 1.29 is 4.79 Å². The third-order valence-electron chi connectivity index (χ3n) is 1.60. The number of hydrogen-bond donors (Lipinski definition) is 1. The molecule has 1 amide bonds. The first kappa shape index (κ1) is 12.6. The molecular weight excluding hydrogens is 176 g/mol. The smallest absolute Gasteiger partial charge is 0.217 e. The van der Waals surface area contributed by atoms with Crippen LogP contribution in [0.2, 0.25) is 0 Å². The summed E-state index contributed by atoms with van der Waals surface area (Å²) in [5, 5.41) is 2.78. The molecule has 0 radical (unpaired) electrons. The van der Waals surface area contributed by atoms with Gasteiger partial charge in [-0.15, -0.1) is 0 Å². The molecule has 1 aromatic heterocycles. The summed E-state index contributed by atoms with van der Waals surface area (Å²) in [5.74, 6) is -0.0219. The highest BCUT2D eigenvalue weighted by atomic mass is 16.1. The predicted molar refractivity (Wildman–Crippen MR) is 57.8 cm³/mol. The Morgan fingerprint density at radius 2 is 2.14 bits per heavy atom. The fourth-order valence-corrected chi connectivity index (χ4v) is 1.02. The zero-order chi connectivity index (χ0) is 11.0. The summed E-state index contributed by atoms with van der Waals surface area (Å²) < 4.78 is 0. The summed E-state index contributed by atoms with van der Waals surface area (Å²) in [6.07, 6.45) is 3.46. The summed E-state index contributed by atoms with van der Waals surface area (Å²) >= 11 is 0. The topological polar surface area (TPSA) is 42.0 Å². The highest BCUT2D eigenvalue weighted by molar-refractivity contribution is 5.73. The Hall–Kier alpha value is -1.38. The second-order valence-electron chi connectivity index (χ2n) is 2.71. The van der Waals surface area contributed by atoms with Crippen LogP contribution in [0.15, 0.2) is 24.5 Å². The Bertz CT molecular complexity index is 259. The van der Waals surface area contributed by atoms with Gasteiger partial charge in [-0.1, -0.05) is 19.9 Å². The highest BCUT2D eigenvalue weighted by Gasteiger charge is 2.04. The van der Waals surface area contributed by atoms with E-state index in [2.05, 4.69) is 10.3 Å². The van der Waals surface area contributed by atoms with Gasteiger partial charge in [0.1, 0.15) is 0 Å². The minimum atomic E-state index is -0.0219. The molecule has 0 fully saturated rings. The van der Waals surface area contributed by atoms with Crippen LogP contribution >= 0.6 is 0 Å². The van der Waals surface area contributed by atoms with Crippen LogP contribution in [0.3, 0.4) is 0 Å². The minimum absolute atomic E-state index is 0.0219. The zero-order valence-electron chi connectivity index (χ0n) is 9.24. The van der Waals surface area contributed by atoms with E-state index in [9.17, 15) is 4.79 Å². The molecule has 3 nitrogen and oxygen atoms in total. The molecule has 0 spiro atoms. The third kappa shape index (κ3) is 4.60. The maximum absolute atomic E-state index is 10.7. The number of carbonyl (C=O) groups is 1. The number of hydrogen-bond acceptors (Lipinski definition) is 2. The molecule has 1 aromatic rings. The summed E-state index contributed by atoms with van der Waals surface area (Å²) in [6, 6.07) is 3.83. The normalized spacial score (nSPS) is 10.9. The number of pyridine rings is 1. The molecule has 1 N–H and O–H groups in total. The molecule has 0 saturated heterocycles. The van der Waals surface area contributed by atoms with Crippen LogP contribution in [-0.2, 0) is 4.79 Å². The van der Waals surface area contributed by atoms with Gasteiger partial charge in [0.2, 0.25) is 5.91 Å². The molecule has 0 aliphatic rings. The summed E-state index contributed by atoms with van der Waals surface area (Å²) in [5.41, 5.74) is 1.02. The predicted octanol–water partition coefficient (Wildman–Crippen LogP) is 2.30. The van der Waals surface area contributed by atoms with E-state index in [1.807, 2.05) is 32.9 Å². The first-order chi connectivity index (χ1) is 6.70. The minimum Gasteiger partial charge on any atom is -0.350 e. The Kier molecular flexibility index (Phi) is 6.37. The van der Waals surface area contributed by atoms with Crippen molar-refractivity contribution in [3.63, 3.8) is 0 Å². The second-order valence-corrected chi connectivity index (χ2v) is 2.71. The van der Waals surface area contributed by atoms with Crippen molar-refractivity contribution in [3.05, 3.63) is 30.1 Å². The van der Waals surface area contributed by atoms with E-state index in [-0.39, 0.29) is 11.9 Å². The molecule has 0 unspecified atom stereocenters. The van der Waals surface area contributed by atoms with Gasteiger partial charge in [-0.25, -0.2) is 0 Å². The highest BCUT2D eigenvalue weighted by Crippen LogP contribution is 2.08. The molecule has 14 heavy (non-hydrogen) atoms. The number of rotatable bonds is 2. The lowest BCUT2D eigenvalue weighted by Gasteiger charge is -2.11. The average Bonchev–Trinajstić information content (AvgIpc) is 2.21. The standard InChI is InChI=1S/C9H12N2O.C2H6/c1-7(11-8(2)12)9-4-3-5-10-6-9;1-2/h3-7H,1-2H3,(H,11,12);1-2H3/t7-;/m1./s1. The van der Waals surface area contributed by atoms with Gasteiger partial charge in [-0.2, -0.15) is 0 Å². The molecule has 1 atom stereocenters. The van der Waals surface area contributed by atoms with Crippen LogP contribution in [-0.4, -0.2) is 10.9 Å². The largest absolute Gasteiger partial charge is 0.350 e. The third-order valence-corrected chi connectivity index (χ3v) is 1.60. The molecule has 0 saturated carbocycles. The van der Waals surface area contributed by atoms with Crippen LogP contribution in [0.5, 0.6) is 0 Å². The fourth-order valence-electron chi connectivity index (χ4n) is 1.02. The maximum atomic E-state index is 10.7. The van der Waals surface area contributed by atoms with Crippen molar-refractivity contribution in [3.8, 4) is 0 Å². The lowest BCUT2D eigenvalue weighted by molar-refractivity contribution is -0.119. The van der Waals surface area contributed by atoms with E-state index in [1.165, 1.54) is 6.92 Å². The van der Waals surface area contributed by atoms with Crippen LogP contribution in [0.1, 0.15) is 39.3 Å². The lowest BCUT2D eigenvalue weighted by atomic mass is 10.1. The molecule has 0 bridgehead atoms. The number of aromatic nitrogens is 1. The van der Waals surface area contributed by atoms with E-state index >= 15 is 0 Å². The van der Waals surface area contributed by atoms with E-state index in [1.54, 1.807) is 12.4 Å². The Morgan fingerprint density at radius 1 is 1.50 bits per heavy atom. The van der Waals surface area contributed by atoms with Gasteiger partial charge in [0, 0.05) is 19.3 Å². The van der Waals surface area contributed by atoms with Gasteiger partial charge >= 0.3 is 0 Å². The monoisotopic (exact) mass is 194 g/mol. The number of nitrogens with zero attached hydrogens (tertiary/aromatic N) is 1. The molecule has 1 rings (SSSR count). The lowest BCUT2D eigenvalue weighted by Crippen LogP contribution is -2.23. The van der Waals surface area contributed by atoms with Crippen molar-refractivity contribution in [1.82, 2.24) is 10.3 Å². The van der Waals surface area contributed by atoms with Crippen LogP contribution in [0.25, 0.3) is 0 Å². The van der Waals surface area contributed by atoms with Crippen LogP contribution in [0, 0.1) is 0 Å². The summed E-state index contributed by atoms with van der Waals surface area (Å²) in [6.45, 7) is 7.44. The van der Waals surface area contributed by atoms with E-state index in [0.29, 0.717) is 0 Å². The second kappa shape index (κ2) is 7.06. The first-order valence-electron chi connectivity index (χ1n) is 4.87. The maximum Gasteiger partial charge on any atom is 0.217 e. The van der Waals surface area contributed by atoms with Crippen molar-refractivity contribution >= 4 is 5.91 Å². The Balaban J connectivity index is 0.000000791. The van der Waals surface area contributed by atoms with Crippen LogP contribution in [0.4, 0.5) is 0 Å². The molecule has 0 aliphatic carbocycles.